The Morgan fingerprint density at radius 2 is 2.00 bits per heavy atom. The number of aromatic nitrogens is 3. The lowest BCUT2D eigenvalue weighted by molar-refractivity contribution is 0.0614. The van der Waals surface area contributed by atoms with Crippen molar-refractivity contribution in [1.29, 1.82) is 0 Å². The van der Waals surface area contributed by atoms with E-state index >= 15 is 0 Å². The van der Waals surface area contributed by atoms with Gasteiger partial charge in [0.1, 0.15) is 18.1 Å². The van der Waals surface area contributed by atoms with E-state index in [9.17, 15) is 4.79 Å². The van der Waals surface area contributed by atoms with Gasteiger partial charge in [-0.25, -0.2) is 0 Å². The highest BCUT2D eigenvalue weighted by Gasteiger charge is 2.23. The van der Waals surface area contributed by atoms with E-state index < -0.39 is 0 Å². The number of carbonyl (C=O) groups excluding carboxylic acids is 1. The largest absolute Gasteiger partial charge is 0.492 e. The molecule has 142 valence electrons. The predicted octanol–water partition coefficient (Wildman–Crippen LogP) is 2.05. The zero-order chi connectivity index (χ0) is 18.8. The summed E-state index contributed by atoms with van der Waals surface area (Å²) in [6, 6.07) is 10.0. The van der Waals surface area contributed by atoms with Crippen LogP contribution in [-0.4, -0.2) is 69.8 Å². The maximum atomic E-state index is 12.4. The molecule has 1 aliphatic rings. The molecule has 1 aromatic carbocycles. The quantitative estimate of drug-likeness (QED) is 0.750. The van der Waals surface area contributed by atoms with Gasteiger partial charge in [-0.3, -0.25) is 14.4 Å². The van der Waals surface area contributed by atoms with E-state index in [4.69, 9.17) is 4.74 Å². The first-order valence-corrected chi connectivity index (χ1v) is 9.32. The zero-order valence-electron chi connectivity index (χ0n) is 15.8. The van der Waals surface area contributed by atoms with Gasteiger partial charge in [-0.2, -0.15) is 5.10 Å². The lowest BCUT2D eigenvalue weighted by atomic mass is 10.2. The number of nitrogens with zero attached hydrogens (tertiary/aromatic N) is 4. The number of hydrogen-bond acceptors (Lipinski definition) is 4. The molecule has 7 nitrogen and oxygen atoms in total. The lowest BCUT2D eigenvalue weighted by Gasteiger charge is -2.34. The third-order valence-electron chi connectivity index (χ3n) is 5.00. The van der Waals surface area contributed by atoms with Gasteiger partial charge in [-0.1, -0.05) is 0 Å². The van der Waals surface area contributed by atoms with E-state index in [0.29, 0.717) is 12.3 Å². The molecule has 0 spiro atoms. The molecular weight excluding hydrogens is 342 g/mol. The van der Waals surface area contributed by atoms with Crippen molar-refractivity contribution in [2.75, 3.05) is 39.3 Å². The first-order valence-electron chi connectivity index (χ1n) is 9.32. The summed E-state index contributed by atoms with van der Waals surface area (Å²) in [5.74, 6) is 0.909. The number of rotatable bonds is 5. The molecule has 0 aliphatic carbocycles. The molecule has 3 aromatic rings. The summed E-state index contributed by atoms with van der Waals surface area (Å²) in [6.07, 6.45) is 1.80. The number of carbonyl (C=O) groups is 1. The molecule has 0 unspecified atom stereocenters. The van der Waals surface area contributed by atoms with Gasteiger partial charge < -0.3 is 14.6 Å². The molecule has 0 saturated carbocycles. The van der Waals surface area contributed by atoms with Gasteiger partial charge in [0.05, 0.1) is 0 Å². The van der Waals surface area contributed by atoms with E-state index in [2.05, 4.69) is 40.1 Å². The second-order valence-corrected chi connectivity index (χ2v) is 7.06. The average molecular weight is 367 g/mol. The summed E-state index contributed by atoms with van der Waals surface area (Å²) in [7, 11) is 1.82. The molecule has 2 aromatic heterocycles. The number of nitrogens with one attached hydrogen (secondary N) is 1. The van der Waals surface area contributed by atoms with Crippen LogP contribution in [0, 0.1) is 6.92 Å². The van der Waals surface area contributed by atoms with Gasteiger partial charge >= 0.3 is 0 Å². The molecular formula is C20H25N5O2. The summed E-state index contributed by atoms with van der Waals surface area (Å²) < 4.78 is 7.58. The third-order valence-corrected chi connectivity index (χ3v) is 5.00. The Labute approximate surface area is 158 Å². The van der Waals surface area contributed by atoms with Crippen molar-refractivity contribution in [2.45, 2.75) is 6.92 Å². The number of piperazine rings is 1. The first-order chi connectivity index (χ1) is 13.1. The Balaban J connectivity index is 1.23. The monoisotopic (exact) mass is 367 g/mol. The van der Waals surface area contributed by atoms with E-state index in [-0.39, 0.29) is 5.91 Å². The number of ether oxygens (including phenoxy) is 1. The molecule has 1 amide bonds. The second-order valence-electron chi connectivity index (χ2n) is 7.06. The van der Waals surface area contributed by atoms with Crippen molar-refractivity contribution in [3.8, 4) is 5.75 Å². The second kappa shape index (κ2) is 7.44. The topological polar surface area (TPSA) is 66.4 Å². The smallest absolute Gasteiger partial charge is 0.274 e. The van der Waals surface area contributed by atoms with Crippen LogP contribution in [0.2, 0.25) is 0 Å². The van der Waals surface area contributed by atoms with Crippen molar-refractivity contribution in [3.63, 3.8) is 0 Å². The number of fused-ring (bicyclic) bond motifs is 1. The van der Waals surface area contributed by atoms with E-state index in [1.54, 1.807) is 16.9 Å². The molecule has 1 saturated heterocycles. The van der Waals surface area contributed by atoms with Crippen LogP contribution in [-0.2, 0) is 7.05 Å². The number of hydrogen-bond donors (Lipinski definition) is 1. The van der Waals surface area contributed by atoms with Crippen LogP contribution in [0.4, 0.5) is 0 Å². The zero-order valence-corrected chi connectivity index (χ0v) is 15.8. The average Bonchev–Trinajstić information content (AvgIpc) is 3.26. The molecule has 3 heterocycles. The van der Waals surface area contributed by atoms with Gasteiger partial charge in [0.25, 0.3) is 5.91 Å². The summed E-state index contributed by atoms with van der Waals surface area (Å²) in [6.45, 7) is 6.72. The summed E-state index contributed by atoms with van der Waals surface area (Å²) in [5.41, 5.74) is 2.80. The molecule has 7 heteroatoms. The highest BCUT2D eigenvalue weighted by Crippen LogP contribution is 2.21. The molecule has 0 bridgehead atoms. The standard InChI is InChI=1S/C20H25N5O2/c1-15-13-16-14-17(3-4-18(16)21-15)27-12-11-24-7-9-25(10-8-24)20(26)19-5-6-23(2)22-19/h3-6,13-14,21H,7-12H2,1-2H3. The Morgan fingerprint density at radius 3 is 2.74 bits per heavy atom. The van der Waals surface area contributed by atoms with Crippen LogP contribution in [0.15, 0.2) is 36.5 Å². The van der Waals surface area contributed by atoms with Gasteiger partial charge in [-0.05, 0) is 37.3 Å². The normalized spacial score (nSPS) is 15.4. The van der Waals surface area contributed by atoms with Crippen LogP contribution >= 0.6 is 0 Å². The number of aryl methyl sites for hydroxylation is 2. The van der Waals surface area contributed by atoms with Crippen LogP contribution in [0.3, 0.4) is 0 Å². The van der Waals surface area contributed by atoms with E-state index in [0.717, 1.165) is 49.7 Å². The Morgan fingerprint density at radius 1 is 1.19 bits per heavy atom. The van der Waals surface area contributed by atoms with Crippen LogP contribution in [0.5, 0.6) is 5.75 Å². The SMILES string of the molecule is Cc1cc2cc(OCCN3CCN(C(=O)c4ccn(C)n4)CC3)ccc2[nH]1. The maximum absolute atomic E-state index is 12.4. The summed E-state index contributed by atoms with van der Waals surface area (Å²) >= 11 is 0. The third kappa shape index (κ3) is 3.98. The van der Waals surface area contributed by atoms with Crippen LogP contribution in [0.25, 0.3) is 10.9 Å². The fraction of sp³-hybridized carbons (Fsp3) is 0.400. The predicted molar refractivity (Wildman–Crippen MR) is 104 cm³/mol. The van der Waals surface area contributed by atoms with Gasteiger partial charge in [0.15, 0.2) is 0 Å². The molecule has 0 atom stereocenters. The Bertz CT molecular complexity index is 937. The number of benzene rings is 1. The van der Waals surface area contributed by atoms with Crippen molar-refractivity contribution in [2.24, 2.45) is 7.05 Å². The fourth-order valence-electron chi connectivity index (χ4n) is 3.50. The van der Waals surface area contributed by atoms with Crippen molar-refractivity contribution >= 4 is 16.8 Å². The Hall–Kier alpha value is -2.80. The van der Waals surface area contributed by atoms with Crippen molar-refractivity contribution in [3.05, 3.63) is 47.9 Å². The van der Waals surface area contributed by atoms with Gasteiger partial charge in [-0.15, -0.1) is 0 Å². The molecule has 27 heavy (non-hydrogen) atoms. The lowest BCUT2D eigenvalue weighted by Crippen LogP contribution is -2.49. The van der Waals surface area contributed by atoms with Crippen molar-refractivity contribution in [1.82, 2.24) is 24.6 Å². The van der Waals surface area contributed by atoms with Gasteiger partial charge in [0.2, 0.25) is 0 Å². The van der Waals surface area contributed by atoms with E-state index in [1.165, 1.54) is 5.39 Å². The van der Waals surface area contributed by atoms with E-state index in [1.807, 2.05) is 18.0 Å². The highest BCUT2D eigenvalue weighted by atomic mass is 16.5. The maximum Gasteiger partial charge on any atom is 0.274 e. The summed E-state index contributed by atoms with van der Waals surface area (Å²) in [4.78, 5) is 20.0. The summed E-state index contributed by atoms with van der Waals surface area (Å²) in [5, 5.41) is 5.37. The number of H-pyrrole nitrogens is 1. The number of aromatic amines is 1. The molecule has 1 aliphatic heterocycles. The fourth-order valence-corrected chi connectivity index (χ4v) is 3.50. The van der Waals surface area contributed by atoms with Gasteiger partial charge in [0, 0.05) is 62.6 Å². The number of amides is 1. The molecule has 1 fully saturated rings. The minimum absolute atomic E-state index is 0.0154. The van der Waals surface area contributed by atoms with Crippen molar-refractivity contribution < 1.29 is 9.53 Å². The van der Waals surface area contributed by atoms with Crippen LogP contribution < -0.4 is 4.74 Å². The minimum atomic E-state index is 0.0154. The molecule has 1 N–H and O–H groups in total. The molecule has 4 rings (SSSR count). The highest BCUT2D eigenvalue weighted by molar-refractivity contribution is 5.92. The minimum Gasteiger partial charge on any atom is -0.492 e. The first kappa shape index (κ1) is 17.6. The Kier molecular flexibility index (Phi) is 4.85. The molecule has 0 radical (unpaired) electrons. The van der Waals surface area contributed by atoms with Crippen LogP contribution in [0.1, 0.15) is 16.2 Å².